The van der Waals surface area contributed by atoms with Crippen LogP contribution in [0.25, 0.3) is 0 Å². The van der Waals surface area contributed by atoms with Crippen molar-refractivity contribution >= 4 is 23.5 Å². The quantitative estimate of drug-likeness (QED) is 0.578. The Morgan fingerprint density at radius 1 is 1.40 bits per heavy atom. The fraction of sp³-hybridized carbons (Fsp3) is 0.800. The Bertz CT molecular complexity index is 231. The molecule has 1 N–H and O–H groups in total. The third-order valence-corrected chi connectivity index (χ3v) is 2.53. The first-order chi connectivity index (χ1) is 6.93. The zero-order valence-electron chi connectivity index (χ0n) is 9.54. The van der Waals surface area contributed by atoms with E-state index >= 15 is 0 Å². The van der Waals surface area contributed by atoms with Gasteiger partial charge in [0, 0.05) is 0 Å². The van der Waals surface area contributed by atoms with E-state index in [-0.39, 0.29) is 11.8 Å². The van der Waals surface area contributed by atoms with Gasteiger partial charge < -0.3 is 10.1 Å². The Kier molecular flexibility index (Phi) is 6.32. The SMILES string of the molecule is CCC(C)C(NC(=O)C(C)Cl)C(=O)OC. The molecule has 1 amide bonds. The van der Waals surface area contributed by atoms with Gasteiger partial charge in [-0.2, -0.15) is 0 Å². The van der Waals surface area contributed by atoms with Crippen molar-refractivity contribution < 1.29 is 14.3 Å². The number of hydrogen-bond acceptors (Lipinski definition) is 3. The maximum Gasteiger partial charge on any atom is 0.328 e. The summed E-state index contributed by atoms with van der Waals surface area (Å²) < 4.78 is 4.62. The maximum atomic E-state index is 11.4. The average Bonchev–Trinajstić information content (AvgIpc) is 2.23. The van der Waals surface area contributed by atoms with Gasteiger partial charge in [0.2, 0.25) is 5.91 Å². The molecular weight excluding hydrogens is 218 g/mol. The van der Waals surface area contributed by atoms with Crippen molar-refractivity contribution in [1.82, 2.24) is 5.32 Å². The van der Waals surface area contributed by atoms with E-state index in [1.807, 2.05) is 13.8 Å². The minimum atomic E-state index is -0.652. The predicted molar refractivity (Wildman–Crippen MR) is 58.7 cm³/mol. The van der Waals surface area contributed by atoms with Crippen LogP contribution in [0, 0.1) is 5.92 Å². The summed E-state index contributed by atoms with van der Waals surface area (Å²) >= 11 is 5.60. The minimum Gasteiger partial charge on any atom is -0.467 e. The first kappa shape index (κ1) is 14.2. The van der Waals surface area contributed by atoms with Crippen molar-refractivity contribution in [2.75, 3.05) is 7.11 Å². The van der Waals surface area contributed by atoms with Gasteiger partial charge in [-0.3, -0.25) is 4.79 Å². The van der Waals surface area contributed by atoms with Crippen molar-refractivity contribution in [3.63, 3.8) is 0 Å². The Hall–Kier alpha value is -0.770. The number of esters is 1. The van der Waals surface area contributed by atoms with Crippen LogP contribution >= 0.6 is 11.6 Å². The normalized spacial score (nSPS) is 16.3. The van der Waals surface area contributed by atoms with Gasteiger partial charge in [0.15, 0.2) is 0 Å². The van der Waals surface area contributed by atoms with E-state index in [1.54, 1.807) is 6.92 Å². The summed E-state index contributed by atoms with van der Waals surface area (Å²) in [7, 11) is 1.30. The van der Waals surface area contributed by atoms with Crippen LogP contribution in [0.4, 0.5) is 0 Å². The van der Waals surface area contributed by atoms with Gasteiger partial charge >= 0.3 is 5.97 Å². The molecule has 0 saturated heterocycles. The highest BCUT2D eigenvalue weighted by Crippen LogP contribution is 2.10. The predicted octanol–water partition coefficient (Wildman–Crippen LogP) is 1.32. The van der Waals surface area contributed by atoms with Gasteiger partial charge in [0.1, 0.15) is 11.4 Å². The molecule has 0 aliphatic heterocycles. The first-order valence-corrected chi connectivity index (χ1v) is 5.39. The van der Waals surface area contributed by atoms with E-state index in [0.717, 1.165) is 6.42 Å². The van der Waals surface area contributed by atoms with Crippen LogP contribution in [-0.2, 0) is 14.3 Å². The molecular formula is C10H18ClNO3. The zero-order chi connectivity index (χ0) is 12.0. The highest BCUT2D eigenvalue weighted by Gasteiger charge is 2.27. The molecule has 4 nitrogen and oxygen atoms in total. The van der Waals surface area contributed by atoms with Gasteiger partial charge in [-0.05, 0) is 12.8 Å². The number of amides is 1. The van der Waals surface area contributed by atoms with E-state index in [0.29, 0.717) is 0 Å². The molecule has 0 heterocycles. The summed E-state index contributed by atoms with van der Waals surface area (Å²) in [6, 6.07) is -0.617. The number of carbonyl (C=O) groups excluding carboxylic acids is 2. The highest BCUT2D eigenvalue weighted by molar-refractivity contribution is 6.30. The lowest BCUT2D eigenvalue weighted by molar-refractivity contribution is -0.146. The maximum absolute atomic E-state index is 11.4. The number of rotatable bonds is 5. The number of halogens is 1. The molecule has 5 heteroatoms. The van der Waals surface area contributed by atoms with Gasteiger partial charge in [-0.1, -0.05) is 20.3 Å². The second-order valence-corrected chi connectivity index (χ2v) is 4.17. The molecule has 0 bridgehead atoms. The van der Waals surface area contributed by atoms with Crippen LogP contribution in [0.15, 0.2) is 0 Å². The summed E-state index contributed by atoms with van der Waals surface area (Å²) in [5, 5.41) is 1.92. The lowest BCUT2D eigenvalue weighted by Gasteiger charge is -2.22. The van der Waals surface area contributed by atoms with Gasteiger partial charge in [0.05, 0.1) is 7.11 Å². The van der Waals surface area contributed by atoms with E-state index in [4.69, 9.17) is 11.6 Å². The molecule has 0 aromatic carbocycles. The Labute approximate surface area is 95.3 Å². The minimum absolute atomic E-state index is 0.0248. The smallest absolute Gasteiger partial charge is 0.328 e. The van der Waals surface area contributed by atoms with Gasteiger partial charge in [0.25, 0.3) is 0 Å². The van der Waals surface area contributed by atoms with Gasteiger partial charge in [-0.25, -0.2) is 4.79 Å². The molecule has 0 rings (SSSR count). The molecule has 0 fully saturated rings. The Morgan fingerprint density at radius 3 is 2.27 bits per heavy atom. The third-order valence-electron chi connectivity index (χ3n) is 2.33. The van der Waals surface area contributed by atoms with E-state index in [2.05, 4.69) is 10.1 Å². The van der Waals surface area contributed by atoms with Crippen LogP contribution < -0.4 is 5.32 Å². The molecule has 0 aromatic heterocycles. The molecule has 0 spiro atoms. The van der Waals surface area contributed by atoms with Crippen molar-refractivity contribution in [3.8, 4) is 0 Å². The number of carbonyl (C=O) groups is 2. The summed E-state index contributed by atoms with van der Waals surface area (Å²) in [5.41, 5.74) is 0. The van der Waals surface area contributed by atoms with Crippen molar-refractivity contribution in [2.45, 2.75) is 38.6 Å². The molecule has 0 aliphatic carbocycles. The molecule has 3 unspecified atom stereocenters. The number of hydrogen-bond donors (Lipinski definition) is 1. The van der Waals surface area contributed by atoms with Crippen molar-refractivity contribution in [2.24, 2.45) is 5.92 Å². The highest BCUT2D eigenvalue weighted by atomic mass is 35.5. The lowest BCUT2D eigenvalue weighted by atomic mass is 9.99. The molecule has 0 saturated carbocycles. The molecule has 0 radical (unpaired) electrons. The van der Waals surface area contributed by atoms with Crippen molar-refractivity contribution in [1.29, 1.82) is 0 Å². The fourth-order valence-electron chi connectivity index (χ4n) is 1.06. The average molecular weight is 236 g/mol. The largest absolute Gasteiger partial charge is 0.467 e. The zero-order valence-corrected chi connectivity index (χ0v) is 10.3. The van der Waals surface area contributed by atoms with Crippen LogP contribution in [0.5, 0.6) is 0 Å². The van der Waals surface area contributed by atoms with Crippen molar-refractivity contribution in [3.05, 3.63) is 0 Å². The molecule has 15 heavy (non-hydrogen) atoms. The third kappa shape index (κ3) is 4.51. The summed E-state index contributed by atoms with van der Waals surface area (Å²) in [6.45, 7) is 5.37. The fourth-order valence-corrected chi connectivity index (χ4v) is 1.13. The van der Waals surface area contributed by atoms with Crippen LogP contribution in [0.3, 0.4) is 0 Å². The van der Waals surface area contributed by atoms with E-state index in [1.165, 1.54) is 7.11 Å². The summed E-state index contributed by atoms with van der Waals surface area (Å²) in [6.07, 6.45) is 0.775. The number of methoxy groups -OCH3 is 1. The van der Waals surface area contributed by atoms with Crippen LogP contribution in [0.1, 0.15) is 27.2 Å². The van der Waals surface area contributed by atoms with E-state index < -0.39 is 17.4 Å². The Balaban J connectivity index is 4.51. The molecule has 0 aromatic rings. The lowest BCUT2D eigenvalue weighted by Crippen LogP contribution is -2.47. The van der Waals surface area contributed by atoms with Gasteiger partial charge in [-0.15, -0.1) is 11.6 Å². The number of alkyl halides is 1. The molecule has 0 aliphatic rings. The first-order valence-electron chi connectivity index (χ1n) is 4.96. The molecule has 88 valence electrons. The van der Waals surface area contributed by atoms with Crippen LogP contribution in [-0.4, -0.2) is 30.4 Å². The number of ether oxygens (including phenoxy) is 1. The second kappa shape index (κ2) is 6.67. The Morgan fingerprint density at radius 2 is 1.93 bits per heavy atom. The second-order valence-electron chi connectivity index (χ2n) is 3.51. The van der Waals surface area contributed by atoms with E-state index in [9.17, 15) is 9.59 Å². The standard InChI is InChI=1S/C10H18ClNO3/c1-5-6(2)8(10(14)15-4)12-9(13)7(3)11/h6-8H,5H2,1-4H3,(H,12,13). The monoisotopic (exact) mass is 235 g/mol. The number of nitrogens with one attached hydrogen (secondary N) is 1. The summed E-state index contributed by atoms with van der Waals surface area (Å²) in [4.78, 5) is 22.7. The topological polar surface area (TPSA) is 55.4 Å². The summed E-state index contributed by atoms with van der Waals surface area (Å²) in [5.74, 6) is -0.765. The van der Waals surface area contributed by atoms with Crippen LogP contribution in [0.2, 0.25) is 0 Å². The molecule has 3 atom stereocenters.